The van der Waals surface area contributed by atoms with Crippen molar-refractivity contribution in [2.75, 3.05) is 19.6 Å². The molecule has 9 heteroatoms. The van der Waals surface area contributed by atoms with E-state index in [4.69, 9.17) is 11.6 Å². The maximum absolute atomic E-state index is 14.0. The number of nitrogens with one attached hydrogen (secondary N) is 2. The Morgan fingerprint density at radius 3 is 2.55 bits per heavy atom. The number of hydrogen-bond donors (Lipinski definition) is 2. The Labute approximate surface area is 231 Å². The van der Waals surface area contributed by atoms with Gasteiger partial charge in [0.15, 0.2) is 0 Å². The first-order valence-corrected chi connectivity index (χ1v) is 13.9. The molecule has 5 rings (SSSR count). The van der Waals surface area contributed by atoms with Crippen molar-refractivity contribution in [3.63, 3.8) is 0 Å². The van der Waals surface area contributed by atoms with Crippen LogP contribution in [0.4, 0.5) is 4.79 Å². The molecule has 0 aliphatic carbocycles. The van der Waals surface area contributed by atoms with Crippen molar-refractivity contribution in [1.82, 2.24) is 20.4 Å². The van der Waals surface area contributed by atoms with E-state index in [1.54, 1.807) is 33.3 Å². The predicted molar refractivity (Wildman–Crippen MR) is 149 cm³/mol. The van der Waals surface area contributed by atoms with Crippen LogP contribution in [-0.4, -0.2) is 53.3 Å². The van der Waals surface area contributed by atoms with E-state index in [0.29, 0.717) is 35.8 Å². The number of halogens is 1. The Morgan fingerprint density at radius 1 is 1.11 bits per heavy atom. The van der Waals surface area contributed by atoms with Gasteiger partial charge in [-0.2, -0.15) is 0 Å². The van der Waals surface area contributed by atoms with Crippen molar-refractivity contribution in [3.05, 3.63) is 104 Å². The van der Waals surface area contributed by atoms with Crippen LogP contribution in [0.15, 0.2) is 83.4 Å². The predicted octanol–water partition coefficient (Wildman–Crippen LogP) is 4.55. The molecule has 1 aromatic heterocycles. The number of benzene rings is 2. The summed E-state index contributed by atoms with van der Waals surface area (Å²) in [5.74, 6) is -0.447. The minimum atomic E-state index is -0.724. The van der Waals surface area contributed by atoms with Crippen molar-refractivity contribution in [2.45, 2.75) is 31.8 Å². The minimum Gasteiger partial charge on any atom is -0.354 e. The first-order valence-electron chi connectivity index (χ1n) is 12.7. The van der Waals surface area contributed by atoms with E-state index >= 15 is 0 Å². The van der Waals surface area contributed by atoms with E-state index in [1.807, 2.05) is 66.9 Å². The SMILES string of the molecule is CCN1C(=O)N[C@@H](c2ccc(Cl)cc2)C2=C1CN([C@H](Cc1ccccc1)C(=O)NCCc1cccs1)C2=O. The van der Waals surface area contributed by atoms with Crippen molar-refractivity contribution < 1.29 is 14.4 Å². The van der Waals surface area contributed by atoms with Crippen LogP contribution >= 0.6 is 22.9 Å². The zero-order chi connectivity index (χ0) is 26.6. The lowest BCUT2D eigenvalue weighted by Crippen LogP contribution is -2.50. The van der Waals surface area contributed by atoms with Gasteiger partial charge in [0.1, 0.15) is 6.04 Å². The van der Waals surface area contributed by atoms with Gasteiger partial charge in [-0.05, 0) is 48.1 Å². The summed E-state index contributed by atoms with van der Waals surface area (Å²) in [5.41, 5.74) is 2.87. The van der Waals surface area contributed by atoms with Gasteiger partial charge < -0.3 is 15.5 Å². The van der Waals surface area contributed by atoms with E-state index in [0.717, 1.165) is 17.5 Å². The molecule has 2 atom stereocenters. The smallest absolute Gasteiger partial charge is 0.322 e. The van der Waals surface area contributed by atoms with Gasteiger partial charge in [-0.15, -0.1) is 11.3 Å². The summed E-state index contributed by atoms with van der Waals surface area (Å²) in [7, 11) is 0. The quantitative estimate of drug-likeness (QED) is 0.411. The first kappa shape index (κ1) is 26.0. The number of thiophene rings is 1. The molecule has 2 aliphatic rings. The summed E-state index contributed by atoms with van der Waals surface area (Å²) < 4.78 is 0. The Morgan fingerprint density at radius 2 is 1.87 bits per heavy atom. The molecule has 4 amide bonds. The third-order valence-electron chi connectivity index (χ3n) is 6.97. The fourth-order valence-electron chi connectivity index (χ4n) is 5.07. The molecule has 2 aliphatic heterocycles. The van der Waals surface area contributed by atoms with E-state index in [2.05, 4.69) is 10.6 Å². The molecule has 0 saturated heterocycles. The van der Waals surface area contributed by atoms with Gasteiger partial charge in [-0.3, -0.25) is 14.5 Å². The third kappa shape index (κ3) is 5.33. The van der Waals surface area contributed by atoms with Gasteiger partial charge in [0.2, 0.25) is 5.91 Å². The van der Waals surface area contributed by atoms with E-state index in [-0.39, 0.29) is 24.4 Å². The number of likely N-dealkylation sites (N-methyl/N-ethyl adjacent to an activating group) is 1. The summed E-state index contributed by atoms with van der Waals surface area (Å²) in [6.45, 7) is 2.96. The van der Waals surface area contributed by atoms with Crippen LogP contribution in [0.2, 0.25) is 5.02 Å². The second kappa shape index (κ2) is 11.4. The fraction of sp³-hybridized carbons (Fsp3) is 0.276. The van der Waals surface area contributed by atoms with E-state index in [1.165, 1.54) is 4.88 Å². The molecule has 3 aromatic rings. The van der Waals surface area contributed by atoms with Gasteiger partial charge in [0.05, 0.1) is 23.9 Å². The maximum Gasteiger partial charge on any atom is 0.322 e. The lowest BCUT2D eigenvalue weighted by molar-refractivity contribution is -0.136. The summed E-state index contributed by atoms with van der Waals surface area (Å²) in [6, 6.07) is 19.2. The normalized spacial score (nSPS) is 17.9. The molecular weight excluding hydrogens is 520 g/mol. The van der Waals surface area contributed by atoms with Crippen LogP contribution in [0.3, 0.4) is 0 Å². The Kier molecular flexibility index (Phi) is 7.81. The first-order chi connectivity index (χ1) is 18.5. The lowest BCUT2D eigenvalue weighted by atomic mass is 9.95. The molecule has 3 heterocycles. The standard InChI is InChI=1S/C29H29ClN4O3S/c1-2-33-24-18-34(28(36)25(24)26(32-29(33)37)20-10-12-21(30)13-11-20)23(17-19-7-4-3-5-8-19)27(35)31-15-14-22-9-6-16-38-22/h3-13,16,23,26H,2,14-15,17-18H2,1H3,(H,31,35)(H,32,37)/t23-,26+/m1/s1. The molecule has 0 bridgehead atoms. The summed E-state index contributed by atoms with van der Waals surface area (Å²) in [4.78, 5) is 45.1. The highest BCUT2D eigenvalue weighted by Gasteiger charge is 2.46. The van der Waals surface area contributed by atoms with Crippen molar-refractivity contribution in [2.24, 2.45) is 0 Å². The van der Waals surface area contributed by atoms with Crippen LogP contribution in [0.5, 0.6) is 0 Å². The number of carbonyl (C=O) groups excluding carboxylic acids is 3. The average molecular weight is 549 g/mol. The Bertz CT molecular complexity index is 1340. The lowest BCUT2D eigenvalue weighted by Gasteiger charge is -2.32. The number of urea groups is 1. The van der Waals surface area contributed by atoms with Gasteiger partial charge in [0, 0.05) is 29.4 Å². The highest BCUT2D eigenvalue weighted by Crippen LogP contribution is 2.37. The molecule has 0 unspecified atom stereocenters. The van der Waals surface area contributed by atoms with Crippen LogP contribution in [0.1, 0.15) is 29.0 Å². The molecule has 2 N–H and O–H groups in total. The zero-order valence-electron chi connectivity index (χ0n) is 21.0. The molecular formula is C29H29ClN4O3S. The molecule has 38 heavy (non-hydrogen) atoms. The fourth-order valence-corrected chi connectivity index (χ4v) is 5.90. The Balaban J connectivity index is 1.44. The number of rotatable bonds is 9. The molecule has 0 spiro atoms. The molecule has 0 fully saturated rings. The third-order valence-corrected chi connectivity index (χ3v) is 8.16. The highest BCUT2D eigenvalue weighted by molar-refractivity contribution is 7.09. The van der Waals surface area contributed by atoms with Crippen molar-refractivity contribution >= 4 is 40.8 Å². The van der Waals surface area contributed by atoms with Crippen LogP contribution < -0.4 is 10.6 Å². The average Bonchev–Trinajstić information content (AvgIpc) is 3.56. The van der Waals surface area contributed by atoms with E-state index in [9.17, 15) is 14.4 Å². The topological polar surface area (TPSA) is 81.8 Å². The van der Waals surface area contributed by atoms with Gasteiger partial charge >= 0.3 is 6.03 Å². The molecule has 0 saturated carbocycles. The van der Waals surface area contributed by atoms with Gasteiger partial charge in [-0.1, -0.05) is 60.1 Å². The van der Waals surface area contributed by atoms with Gasteiger partial charge in [0.25, 0.3) is 5.91 Å². The summed E-state index contributed by atoms with van der Waals surface area (Å²) in [6.07, 6.45) is 1.10. The Hall–Kier alpha value is -3.62. The monoisotopic (exact) mass is 548 g/mol. The number of hydrogen-bond acceptors (Lipinski definition) is 4. The second-order valence-corrected chi connectivity index (χ2v) is 10.8. The molecule has 7 nitrogen and oxygen atoms in total. The second-order valence-electron chi connectivity index (χ2n) is 9.30. The van der Waals surface area contributed by atoms with Crippen LogP contribution in [-0.2, 0) is 22.4 Å². The van der Waals surface area contributed by atoms with Crippen LogP contribution in [0.25, 0.3) is 0 Å². The summed E-state index contributed by atoms with van der Waals surface area (Å²) in [5, 5.41) is 8.62. The zero-order valence-corrected chi connectivity index (χ0v) is 22.6. The number of amides is 4. The van der Waals surface area contributed by atoms with Crippen molar-refractivity contribution in [3.8, 4) is 0 Å². The maximum atomic E-state index is 14.0. The van der Waals surface area contributed by atoms with Crippen molar-refractivity contribution in [1.29, 1.82) is 0 Å². The molecule has 0 radical (unpaired) electrons. The molecule has 2 aromatic carbocycles. The number of carbonyl (C=O) groups is 3. The molecule has 196 valence electrons. The summed E-state index contributed by atoms with van der Waals surface area (Å²) >= 11 is 7.74. The van der Waals surface area contributed by atoms with E-state index < -0.39 is 12.1 Å². The minimum absolute atomic E-state index is 0.190. The number of nitrogens with zero attached hydrogens (tertiary/aromatic N) is 2. The van der Waals surface area contributed by atoms with Gasteiger partial charge in [-0.25, -0.2) is 4.79 Å². The van der Waals surface area contributed by atoms with Crippen LogP contribution in [0, 0.1) is 0 Å². The highest BCUT2D eigenvalue weighted by atomic mass is 35.5. The largest absolute Gasteiger partial charge is 0.354 e.